The molecule has 1 aliphatic heterocycles. The molecule has 4 rings (SSSR count). The van der Waals surface area contributed by atoms with Crippen molar-refractivity contribution >= 4 is 0 Å². The van der Waals surface area contributed by atoms with E-state index in [-0.39, 0.29) is 5.56 Å². The van der Waals surface area contributed by atoms with Crippen LogP contribution in [-0.2, 0) is 33.1 Å². The average molecular weight is 354 g/mol. The smallest absolute Gasteiger partial charge is 0.256 e. The van der Waals surface area contributed by atoms with E-state index >= 15 is 0 Å². The summed E-state index contributed by atoms with van der Waals surface area (Å²) in [7, 11) is 1.91. The van der Waals surface area contributed by atoms with Crippen molar-refractivity contribution in [1.82, 2.24) is 29.4 Å². The van der Waals surface area contributed by atoms with Crippen LogP contribution in [0.25, 0.3) is 11.3 Å². The van der Waals surface area contributed by atoms with Gasteiger partial charge in [0.2, 0.25) is 0 Å². The standard InChI is InChI=1S/C18H22N6O2/c1-4-24-11-19-17-10-23(6-5-14(17)18(24)25)9-13-7-16(21-26-13)15-8-20-22(3)12(15)2/h7-8,11H,4-6,9-10H2,1-3H3. The molecular formula is C18H22N6O2. The molecule has 0 atom stereocenters. The van der Waals surface area contributed by atoms with Gasteiger partial charge in [0.25, 0.3) is 5.56 Å². The predicted octanol–water partition coefficient (Wildman–Crippen LogP) is 1.52. The first-order valence-electron chi connectivity index (χ1n) is 8.81. The van der Waals surface area contributed by atoms with Gasteiger partial charge in [-0.2, -0.15) is 5.10 Å². The van der Waals surface area contributed by atoms with Crippen molar-refractivity contribution in [2.75, 3.05) is 6.54 Å². The second-order valence-electron chi connectivity index (χ2n) is 6.67. The fraction of sp³-hybridized carbons (Fsp3) is 0.444. The van der Waals surface area contributed by atoms with E-state index < -0.39 is 0 Å². The Balaban J connectivity index is 1.50. The van der Waals surface area contributed by atoms with Crippen LogP contribution >= 0.6 is 0 Å². The lowest BCUT2D eigenvalue weighted by Gasteiger charge is -2.26. The molecule has 0 saturated heterocycles. The first kappa shape index (κ1) is 16.7. The molecule has 3 aromatic rings. The summed E-state index contributed by atoms with van der Waals surface area (Å²) in [6.45, 7) is 6.71. The molecule has 8 heteroatoms. The van der Waals surface area contributed by atoms with Gasteiger partial charge in [0.05, 0.1) is 24.8 Å². The highest BCUT2D eigenvalue weighted by Crippen LogP contribution is 2.24. The van der Waals surface area contributed by atoms with Crippen LogP contribution in [0.2, 0.25) is 0 Å². The second-order valence-corrected chi connectivity index (χ2v) is 6.67. The number of hydrogen-bond acceptors (Lipinski definition) is 6. The summed E-state index contributed by atoms with van der Waals surface area (Å²) < 4.78 is 9.00. The van der Waals surface area contributed by atoms with E-state index in [0.717, 1.165) is 40.5 Å². The Kier molecular flexibility index (Phi) is 4.20. The fourth-order valence-corrected chi connectivity index (χ4v) is 3.36. The van der Waals surface area contributed by atoms with Crippen LogP contribution in [0.5, 0.6) is 0 Å². The molecule has 1 aliphatic rings. The molecule has 0 bridgehead atoms. The summed E-state index contributed by atoms with van der Waals surface area (Å²) in [5.74, 6) is 0.800. The van der Waals surface area contributed by atoms with E-state index in [0.29, 0.717) is 26.1 Å². The number of hydrogen-bond donors (Lipinski definition) is 0. The summed E-state index contributed by atoms with van der Waals surface area (Å²) in [5, 5.41) is 8.43. The third kappa shape index (κ3) is 2.86. The normalized spacial score (nSPS) is 14.6. The maximum atomic E-state index is 12.4. The van der Waals surface area contributed by atoms with Crippen LogP contribution in [0.4, 0.5) is 0 Å². The van der Waals surface area contributed by atoms with Gasteiger partial charge < -0.3 is 4.52 Å². The van der Waals surface area contributed by atoms with Crippen molar-refractivity contribution in [3.8, 4) is 11.3 Å². The molecule has 26 heavy (non-hydrogen) atoms. The van der Waals surface area contributed by atoms with Crippen molar-refractivity contribution in [3.63, 3.8) is 0 Å². The first-order chi connectivity index (χ1) is 12.6. The van der Waals surface area contributed by atoms with Gasteiger partial charge in [-0.25, -0.2) is 4.98 Å². The van der Waals surface area contributed by atoms with E-state index in [4.69, 9.17) is 4.52 Å². The van der Waals surface area contributed by atoms with Gasteiger partial charge in [-0.3, -0.25) is 18.9 Å². The van der Waals surface area contributed by atoms with Gasteiger partial charge >= 0.3 is 0 Å². The highest BCUT2D eigenvalue weighted by atomic mass is 16.5. The Bertz CT molecular complexity index is 1000. The molecule has 0 saturated carbocycles. The molecule has 136 valence electrons. The van der Waals surface area contributed by atoms with Crippen molar-refractivity contribution in [2.45, 2.75) is 39.9 Å². The Morgan fingerprint density at radius 2 is 2.19 bits per heavy atom. The van der Waals surface area contributed by atoms with E-state index in [1.165, 1.54) is 0 Å². The molecule has 3 aromatic heterocycles. The molecule has 0 aliphatic carbocycles. The summed E-state index contributed by atoms with van der Waals surface area (Å²) >= 11 is 0. The Morgan fingerprint density at radius 3 is 2.92 bits per heavy atom. The van der Waals surface area contributed by atoms with E-state index in [1.807, 2.05) is 31.6 Å². The molecule has 8 nitrogen and oxygen atoms in total. The second kappa shape index (κ2) is 6.53. The lowest BCUT2D eigenvalue weighted by atomic mass is 10.1. The van der Waals surface area contributed by atoms with Gasteiger partial charge in [-0.15, -0.1) is 0 Å². The highest BCUT2D eigenvalue weighted by molar-refractivity contribution is 5.60. The van der Waals surface area contributed by atoms with Crippen LogP contribution in [0, 0.1) is 6.92 Å². The topological polar surface area (TPSA) is 82.0 Å². The summed E-state index contributed by atoms with van der Waals surface area (Å²) in [5.41, 5.74) is 4.63. The van der Waals surface area contributed by atoms with E-state index in [9.17, 15) is 4.79 Å². The van der Waals surface area contributed by atoms with Gasteiger partial charge in [0.1, 0.15) is 5.69 Å². The van der Waals surface area contributed by atoms with E-state index in [1.54, 1.807) is 17.1 Å². The highest BCUT2D eigenvalue weighted by Gasteiger charge is 2.22. The molecule has 4 heterocycles. The molecule has 0 fully saturated rings. The monoisotopic (exact) mass is 354 g/mol. The number of rotatable bonds is 4. The summed E-state index contributed by atoms with van der Waals surface area (Å²) in [6.07, 6.45) is 4.16. The third-order valence-electron chi connectivity index (χ3n) is 5.06. The number of nitrogens with zero attached hydrogens (tertiary/aromatic N) is 6. The molecule has 0 unspecified atom stereocenters. The average Bonchev–Trinajstić information content (AvgIpc) is 3.22. The maximum absolute atomic E-state index is 12.4. The quantitative estimate of drug-likeness (QED) is 0.706. The first-order valence-corrected chi connectivity index (χ1v) is 8.81. The Hall–Kier alpha value is -2.74. The minimum atomic E-state index is 0.0890. The molecule has 0 spiro atoms. The van der Waals surface area contributed by atoms with Crippen LogP contribution in [-0.4, -0.2) is 35.9 Å². The number of aromatic nitrogens is 5. The summed E-state index contributed by atoms with van der Waals surface area (Å²) in [6, 6.07) is 1.96. The maximum Gasteiger partial charge on any atom is 0.256 e. The van der Waals surface area contributed by atoms with Crippen LogP contribution < -0.4 is 5.56 Å². The molecular weight excluding hydrogens is 332 g/mol. The molecule has 0 amide bonds. The molecule has 0 N–H and O–H groups in total. The lowest BCUT2D eigenvalue weighted by molar-refractivity contribution is 0.210. The van der Waals surface area contributed by atoms with Gasteiger partial charge in [0, 0.05) is 49.6 Å². The molecule has 0 aromatic carbocycles. The number of fused-ring (bicyclic) bond motifs is 1. The lowest BCUT2D eigenvalue weighted by Crippen LogP contribution is -2.36. The zero-order valence-electron chi connectivity index (χ0n) is 15.3. The largest absolute Gasteiger partial charge is 0.359 e. The minimum Gasteiger partial charge on any atom is -0.359 e. The Labute approximate surface area is 151 Å². The predicted molar refractivity (Wildman–Crippen MR) is 95.4 cm³/mol. The zero-order chi connectivity index (χ0) is 18.3. The SMILES string of the molecule is CCn1cnc2c(c1=O)CCN(Cc1cc(-c3cnn(C)c3C)no1)C2. The zero-order valence-corrected chi connectivity index (χ0v) is 15.3. The van der Waals surface area contributed by atoms with Gasteiger partial charge in [-0.1, -0.05) is 5.16 Å². The third-order valence-corrected chi connectivity index (χ3v) is 5.06. The van der Waals surface area contributed by atoms with Crippen LogP contribution in [0.3, 0.4) is 0 Å². The fourth-order valence-electron chi connectivity index (χ4n) is 3.36. The van der Waals surface area contributed by atoms with Crippen molar-refractivity contribution < 1.29 is 4.52 Å². The van der Waals surface area contributed by atoms with Gasteiger partial charge in [0.15, 0.2) is 5.76 Å². The van der Waals surface area contributed by atoms with Crippen LogP contribution in [0.1, 0.15) is 29.6 Å². The van der Waals surface area contributed by atoms with Crippen LogP contribution in [0.15, 0.2) is 27.9 Å². The van der Waals surface area contributed by atoms with Crippen molar-refractivity contribution in [3.05, 3.63) is 51.7 Å². The minimum absolute atomic E-state index is 0.0890. The van der Waals surface area contributed by atoms with Gasteiger partial charge in [-0.05, 0) is 20.3 Å². The number of aryl methyl sites for hydroxylation is 2. The molecule has 0 radical (unpaired) electrons. The van der Waals surface area contributed by atoms with Crippen molar-refractivity contribution in [1.29, 1.82) is 0 Å². The van der Waals surface area contributed by atoms with Crippen molar-refractivity contribution in [2.24, 2.45) is 7.05 Å². The van der Waals surface area contributed by atoms with E-state index in [2.05, 4.69) is 20.1 Å². The summed E-state index contributed by atoms with van der Waals surface area (Å²) in [4.78, 5) is 19.1. The Morgan fingerprint density at radius 1 is 1.35 bits per heavy atom.